The van der Waals surface area contributed by atoms with E-state index in [1.54, 1.807) is 29.5 Å². The number of para-hydroxylation sites is 1. The smallest absolute Gasteiger partial charge is 0.319 e. The summed E-state index contributed by atoms with van der Waals surface area (Å²) in [6, 6.07) is 7.57. The van der Waals surface area contributed by atoms with Crippen molar-refractivity contribution in [3.8, 4) is 0 Å². The molecule has 3 amide bonds. The van der Waals surface area contributed by atoms with Gasteiger partial charge in [0, 0.05) is 22.1 Å². The minimum atomic E-state index is -1.02. The summed E-state index contributed by atoms with van der Waals surface area (Å²) in [7, 11) is 0. The number of carbonyl (C=O) groups is 2. The summed E-state index contributed by atoms with van der Waals surface area (Å²) in [5.41, 5.74) is 0.0966. The second-order valence-corrected chi connectivity index (χ2v) is 7.22. The molecule has 128 valence electrons. The molecule has 4 rings (SSSR count). The van der Waals surface area contributed by atoms with Gasteiger partial charge in [-0.3, -0.25) is 19.8 Å². The second kappa shape index (κ2) is 5.66. The molecule has 1 saturated heterocycles. The predicted molar refractivity (Wildman–Crippen MR) is 91.1 cm³/mol. The van der Waals surface area contributed by atoms with Crippen LogP contribution < -0.4 is 5.32 Å². The van der Waals surface area contributed by atoms with Crippen molar-refractivity contribution in [2.24, 2.45) is 0 Å². The van der Waals surface area contributed by atoms with Crippen molar-refractivity contribution in [3.63, 3.8) is 0 Å². The number of thiophene rings is 1. The summed E-state index contributed by atoms with van der Waals surface area (Å²) in [4.78, 5) is 38.5. The molecule has 0 radical (unpaired) electrons. The minimum Gasteiger partial charge on any atom is -0.319 e. The lowest BCUT2D eigenvalue weighted by Crippen LogP contribution is -2.46. The molecule has 8 heteroatoms. The Morgan fingerprint density at radius 1 is 1.28 bits per heavy atom. The molecule has 1 aromatic carbocycles. The maximum Gasteiger partial charge on any atom is 0.325 e. The Kier molecular flexibility index (Phi) is 3.57. The largest absolute Gasteiger partial charge is 0.325 e. The monoisotopic (exact) mass is 357 g/mol. The first kappa shape index (κ1) is 15.8. The van der Waals surface area contributed by atoms with Crippen LogP contribution in [0.15, 0.2) is 35.7 Å². The van der Waals surface area contributed by atoms with E-state index in [4.69, 9.17) is 0 Å². The summed E-state index contributed by atoms with van der Waals surface area (Å²) >= 11 is 1.59. The van der Waals surface area contributed by atoms with Crippen molar-refractivity contribution < 1.29 is 14.5 Å². The van der Waals surface area contributed by atoms with E-state index in [-0.39, 0.29) is 18.1 Å². The van der Waals surface area contributed by atoms with Gasteiger partial charge < -0.3 is 5.32 Å². The third-order valence-corrected chi connectivity index (χ3v) is 5.83. The van der Waals surface area contributed by atoms with Crippen LogP contribution in [0.5, 0.6) is 0 Å². The number of nitro benzene ring substituents is 1. The van der Waals surface area contributed by atoms with Crippen LogP contribution in [0, 0.1) is 10.1 Å². The van der Waals surface area contributed by atoms with Gasteiger partial charge in [0.05, 0.1) is 11.5 Å². The van der Waals surface area contributed by atoms with Crippen LogP contribution in [0.1, 0.15) is 28.8 Å². The molecule has 2 aromatic rings. The highest BCUT2D eigenvalue weighted by Gasteiger charge is 2.54. The van der Waals surface area contributed by atoms with E-state index < -0.39 is 16.5 Å². The number of amides is 3. The van der Waals surface area contributed by atoms with Crippen LogP contribution in [-0.4, -0.2) is 21.8 Å². The van der Waals surface area contributed by atoms with E-state index in [1.807, 2.05) is 11.4 Å². The van der Waals surface area contributed by atoms with Gasteiger partial charge in [0.1, 0.15) is 5.54 Å². The second-order valence-electron chi connectivity index (χ2n) is 6.22. The molecule has 1 N–H and O–H groups in total. The Hall–Kier alpha value is -2.74. The summed E-state index contributed by atoms with van der Waals surface area (Å²) in [6.45, 7) is -0.108. The molecule has 0 bridgehead atoms. The number of urea groups is 1. The molecule has 2 heterocycles. The summed E-state index contributed by atoms with van der Waals surface area (Å²) in [6.07, 6.45) is 2.27. The van der Waals surface area contributed by atoms with Crippen molar-refractivity contribution in [3.05, 3.63) is 61.8 Å². The zero-order valence-electron chi connectivity index (χ0n) is 13.2. The summed E-state index contributed by atoms with van der Waals surface area (Å²) in [5, 5.41) is 16.0. The Balaban J connectivity index is 1.70. The lowest BCUT2D eigenvalue weighted by Gasteiger charge is -2.31. The number of aryl methyl sites for hydroxylation is 1. The maximum absolute atomic E-state index is 13.1. The zero-order valence-corrected chi connectivity index (χ0v) is 14.0. The van der Waals surface area contributed by atoms with Gasteiger partial charge in [0.25, 0.3) is 11.6 Å². The third-order valence-electron chi connectivity index (χ3n) is 4.85. The highest BCUT2D eigenvalue weighted by molar-refractivity contribution is 7.10. The van der Waals surface area contributed by atoms with Gasteiger partial charge in [-0.2, -0.15) is 0 Å². The SMILES string of the molecule is O=C1NC2(CCCc3sccc32)C(=O)N1Cc1ccccc1[N+](=O)[O-]. The molecule has 1 unspecified atom stereocenters. The molecule has 0 saturated carbocycles. The number of carbonyl (C=O) groups excluding carboxylic acids is 2. The van der Waals surface area contributed by atoms with Crippen molar-refractivity contribution in [2.75, 3.05) is 0 Å². The topological polar surface area (TPSA) is 92.6 Å². The van der Waals surface area contributed by atoms with Gasteiger partial charge in [-0.1, -0.05) is 18.2 Å². The highest BCUT2D eigenvalue weighted by Crippen LogP contribution is 2.42. The number of imide groups is 1. The van der Waals surface area contributed by atoms with Crippen LogP contribution in [0.3, 0.4) is 0 Å². The van der Waals surface area contributed by atoms with Crippen LogP contribution >= 0.6 is 11.3 Å². The number of nitrogens with zero attached hydrogens (tertiary/aromatic N) is 2. The van der Waals surface area contributed by atoms with E-state index in [0.29, 0.717) is 12.0 Å². The number of fused-ring (bicyclic) bond motifs is 2. The first-order valence-corrected chi connectivity index (χ1v) is 8.84. The van der Waals surface area contributed by atoms with Crippen molar-refractivity contribution >= 4 is 29.0 Å². The zero-order chi connectivity index (χ0) is 17.6. The van der Waals surface area contributed by atoms with Gasteiger partial charge in [0.2, 0.25) is 0 Å². The standard InChI is InChI=1S/C17H15N3O4S/c21-15-17(8-3-6-14-12(17)7-9-25-14)18-16(22)19(15)10-11-4-1-2-5-13(11)20(23)24/h1-2,4-5,7,9H,3,6,8,10H2,(H,18,22). The molecule has 1 aromatic heterocycles. The fraction of sp³-hybridized carbons (Fsp3) is 0.294. The molecule has 1 atom stereocenters. The highest BCUT2D eigenvalue weighted by atomic mass is 32.1. The van der Waals surface area contributed by atoms with Gasteiger partial charge in [0.15, 0.2) is 0 Å². The summed E-state index contributed by atoms with van der Waals surface area (Å²) in [5.74, 6) is -0.324. The van der Waals surface area contributed by atoms with E-state index in [0.717, 1.165) is 28.2 Å². The first-order valence-electron chi connectivity index (χ1n) is 7.96. The number of hydrogen-bond acceptors (Lipinski definition) is 5. The Morgan fingerprint density at radius 3 is 2.88 bits per heavy atom. The molecule has 1 aliphatic heterocycles. The molecular formula is C17H15N3O4S. The van der Waals surface area contributed by atoms with E-state index in [9.17, 15) is 19.7 Å². The Bertz CT molecular complexity index is 894. The normalized spacial score (nSPS) is 22.2. The van der Waals surface area contributed by atoms with E-state index in [1.165, 1.54) is 6.07 Å². The van der Waals surface area contributed by atoms with Crippen LogP contribution in [0.25, 0.3) is 0 Å². The predicted octanol–water partition coefficient (Wildman–Crippen LogP) is 2.94. The number of nitrogens with one attached hydrogen (secondary N) is 1. The Labute approximate surface area is 147 Å². The van der Waals surface area contributed by atoms with Crippen molar-refractivity contribution in [1.29, 1.82) is 0 Å². The van der Waals surface area contributed by atoms with E-state index in [2.05, 4.69) is 5.32 Å². The van der Waals surface area contributed by atoms with Crippen LogP contribution in [0.2, 0.25) is 0 Å². The molecule has 25 heavy (non-hydrogen) atoms. The number of rotatable bonds is 3. The maximum atomic E-state index is 13.1. The third kappa shape index (κ3) is 2.32. The average Bonchev–Trinajstić information content (AvgIpc) is 3.16. The minimum absolute atomic E-state index is 0.0936. The van der Waals surface area contributed by atoms with Gasteiger partial charge in [-0.15, -0.1) is 11.3 Å². The van der Waals surface area contributed by atoms with Crippen molar-refractivity contribution in [2.45, 2.75) is 31.3 Å². The van der Waals surface area contributed by atoms with Gasteiger partial charge in [-0.05, 0) is 30.7 Å². The molecule has 1 fully saturated rings. The van der Waals surface area contributed by atoms with Crippen LogP contribution in [-0.2, 0) is 23.3 Å². The Morgan fingerprint density at radius 2 is 2.08 bits per heavy atom. The fourth-order valence-corrected chi connectivity index (χ4v) is 4.68. The van der Waals surface area contributed by atoms with Crippen molar-refractivity contribution in [1.82, 2.24) is 10.2 Å². The molecule has 7 nitrogen and oxygen atoms in total. The molecular weight excluding hydrogens is 342 g/mol. The van der Waals surface area contributed by atoms with Gasteiger partial charge in [-0.25, -0.2) is 4.79 Å². The fourth-order valence-electron chi connectivity index (χ4n) is 3.68. The lowest BCUT2D eigenvalue weighted by atomic mass is 9.80. The first-order chi connectivity index (χ1) is 12.0. The van der Waals surface area contributed by atoms with Gasteiger partial charge >= 0.3 is 6.03 Å². The molecule has 1 spiro atoms. The quantitative estimate of drug-likeness (QED) is 0.519. The molecule has 2 aliphatic rings. The van der Waals surface area contributed by atoms with Crippen LogP contribution in [0.4, 0.5) is 10.5 Å². The number of benzene rings is 1. The summed E-state index contributed by atoms with van der Waals surface area (Å²) < 4.78 is 0. The molecule has 1 aliphatic carbocycles. The van der Waals surface area contributed by atoms with E-state index >= 15 is 0 Å². The number of nitro groups is 1. The number of hydrogen-bond donors (Lipinski definition) is 1. The lowest BCUT2D eigenvalue weighted by molar-refractivity contribution is -0.385. The average molecular weight is 357 g/mol.